The average Bonchev–Trinajstić information content (AvgIpc) is 2.07. The molecule has 0 atom stereocenters. The Kier molecular flexibility index (Phi) is 3.59. The van der Waals surface area contributed by atoms with Crippen molar-refractivity contribution in [3.05, 3.63) is 0 Å². The normalized spacial score (nSPS) is 34.5. The summed E-state index contributed by atoms with van der Waals surface area (Å²) in [5, 5.41) is 0. The highest BCUT2D eigenvalue weighted by Crippen LogP contribution is 2.36. The Balaban J connectivity index is 2.59. The van der Waals surface area contributed by atoms with Crippen LogP contribution in [0.2, 0.25) is 0 Å². The van der Waals surface area contributed by atoms with Gasteiger partial charge in [0.2, 0.25) is 0 Å². The second-order valence-corrected chi connectivity index (χ2v) is 5.78. The summed E-state index contributed by atoms with van der Waals surface area (Å²) in [5.41, 5.74) is 5.76. The second-order valence-electron chi connectivity index (χ2n) is 5.78. The zero-order valence-corrected chi connectivity index (χ0v) is 10.1. The van der Waals surface area contributed by atoms with Crippen LogP contribution in [0, 0.1) is 5.92 Å². The topological polar surface area (TPSA) is 35.2 Å². The summed E-state index contributed by atoms with van der Waals surface area (Å²) in [6, 6.07) is 0. The van der Waals surface area contributed by atoms with Gasteiger partial charge in [-0.25, -0.2) is 0 Å². The zero-order valence-electron chi connectivity index (χ0n) is 10.1. The van der Waals surface area contributed by atoms with Gasteiger partial charge in [0.15, 0.2) is 0 Å². The van der Waals surface area contributed by atoms with Gasteiger partial charge >= 0.3 is 0 Å². The molecule has 1 aliphatic carbocycles. The van der Waals surface area contributed by atoms with Crippen LogP contribution in [-0.2, 0) is 4.74 Å². The SMILES string of the molecule is CC1CCC(CN)(OC(C)(C)C)CC1. The predicted molar refractivity (Wildman–Crippen MR) is 60.3 cm³/mol. The molecule has 14 heavy (non-hydrogen) atoms. The lowest BCUT2D eigenvalue weighted by Gasteiger charge is -2.43. The number of hydrogen-bond acceptors (Lipinski definition) is 2. The third kappa shape index (κ3) is 3.25. The minimum atomic E-state index is -0.0695. The van der Waals surface area contributed by atoms with Gasteiger partial charge in [-0.15, -0.1) is 0 Å². The largest absolute Gasteiger partial charge is 0.368 e. The van der Waals surface area contributed by atoms with Crippen molar-refractivity contribution in [1.82, 2.24) is 0 Å². The molecule has 0 aromatic heterocycles. The highest BCUT2D eigenvalue weighted by molar-refractivity contribution is 4.89. The van der Waals surface area contributed by atoms with Crippen LogP contribution in [0.15, 0.2) is 0 Å². The van der Waals surface area contributed by atoms with E-state index in [4.69, 9.17) is 10.5 Å². The van der Waals surface area contributed by atoms with E-state index in [1.54, 1.807) is 0 Å². The molecule has 0 bridgehead atoms. The van der Waals surface area contributed by atoms with Gasteiger partial charge in [0, 0.05) is 6.54 Å². The summed E-state index contributed by atoms with van der Waals surface area (Å²) in [7, 11) is 0. The van der Waals surface area contributed by atoms with Gasteiger partial charge in [-0.05, 0) is 52.4 Å². The fourth-order valence-electron chi connectivity index (χ4n) is 2.29. The molecule has 2 nitrogen and oxygen atoms in total. The molecule has 1 saturated carbocycles. The molecule has 1 aliphatic rings. The zero-order chi connectivity index (χ0) is 10.8. The molecular formula is C12H25NO. The summed E-state index contributed by atoms with van der Waals surface area (Å²) >= 11 is 0. The molecule has 0 aliphatic heterocycles. The van der Waals surface area contributed by atoms with E-state index in [-0.39, 0.29) is 11.2 Å². The molecule has 84 valence electrons. The lowest BCUT2D eigenvalue weighted by Crippen LogP contribution is -2.48. The lowest BCUT2D eigenvalue weighted by atomic mass is 9.79. The maximum atomic E-state index is 6.14. The van der Waals surface area contributed by atoms with Crippen LogP contribution in [0.3, 0.4) is 0 Å². The fourth-order valence-corrected chi connectivity index (χ4v) is 2.29. The first-order valence-corrected chi connectivity index (χ1v) is 5.77. The molecule has 0 saturated heterocycles. The Labute approximate surface area is 88.2 Å². The van der Waals surface area contributed by atoms with Crippen LogP contribution < -0.4 is 5.73 Å². The van der Waals surface area contributed by atoms with Crippen molar-refractivity contribution < 1.29 is 4.74 Å². The third-order valence-electron chi connectivity index (χ3n) is 3.08. The highest BCUT2D eigenvalue weighted by Gasteiger charge is 2.37. The Hall–Kier alpha value is -0.0800. The summed E-state index contributed by atoms with van der Waals surface area (Å²) in [5.74, 6) is 0.846. The first kappa shape index (κ1) is 12.0. The van der Waals surface area contributed by atoms with Gasteiger partial charge in [0.25, 0.3) is 0 Å². The van der Waals surface area contributed by atoms with E-state index in [1.807, 2.05) is 0 Å². The van der Waals surface area contributed by atoms with Crippen LogP contribution in [0.5, 0.6) is 0 Å². The summed E-state index contributed by atoms with van der Waals surface area (Å²) in [4.78, 5) is 0. The Bertz CT molecular complexity index is 175. The lowest BCUT2D eigenvalue weighted by molar-refractivity contribution is -0.146. The first-order valence-electron chi connectivity index (χ1n) is 5.77. The number of rotatable bonds is 2. The van der Waals surface area contributed by atoms with Gasteiger partial charge in [-0.2, -0.15) is 0 Å². The molecule has 1 rings (SSSR count). The van der Waals surface area contributed by atoms with Crippen LogP contribution in [-0.4, -0.2) is 17.7 Å². The number of nitrogens with two attached hydrogens (primary N) is 1. The van der Waals surface area contributed by atoms with E-state index in [2.05, 4.69) is 27.7 Å². The number of ether oxygens (including phenoxy) is 1. The molecular weight excluding hydrogens is 174 g/mol. The monoisotopic (exact) mass is 199 g/mol. The van der Waals surface area contributed by atoms with Gasteiger partial charge in [0.1, 0.15) is 0 Å². The highest BCUT2D eigenvalue weighted by atomic mass is 16.5. The van der Waals surface area contributed by atoms with E-state index in [9.17, 15) is 0 Å². The van der Waals surface area contributed by atoms with Crippen molar-refractivity contribution >= 4 is 0 Å². The molecule has 2 N–H and O–H groups in total. The van der Waals surface area contributed by atoms with Crippen LogP contribution >= 0.6 is 0 Å². The van der Waals surface area contributed by atoms with Gasteiger partial charge in [-0.3, -0.25) is 0 Å². The molecule has 0 amide bonds. The predicted octanol–water partition coefficient (Wildman–Crippen LogP) is 2.71. The Morgan fingerprint density at radius 2 is 1.79 bits per heavy atom. The molecule has 2 heteroatoms. The molecule has 0 heterocycles. The van der Waals surface area contributed by atoms with E-state index < -0.39 is 0 Å². The van der Waals surface area contributed by atoms with Crippen molar-refractivity contribution in [2.24, 2.45) is 11.7 Å². The van der Waals surface area contributed by atoms with Crippen LogP contribution in [0.25, 0.3) is 0 Å². The van der Waals surface area contributed by atoms with Gasteiger partial charge in [-0.1, -0.05) is 6.92 Å². The van der Waals surface area contributed by atoms with E-state index in [1.165, 1.54) is 12.8 Å². The van der Waals surface area contributed by atoms with Gasteiger partial charge < -0.3 is 10.5 Å². The molecule has 0 radical (unpaired) electrons. The van der Waals surface area contributed by atoms with E-state index in [0.29, 0.717) is 6.54 Å². The molecule has 0 aromatic rings. The van der Waals surface area contributed by atoms with Crippen molar-refractivity contribution in [1.29, 1.82) is 0 Å². The summed E-state index contributed by atoms with van der Waals surface area (Å²) in [6.07, 6.45) is 4.77. The van der Waals surface area contributed by atoms with Crippen LogP contribution in [0.1, 0.15) is 53.4 Å². The van der Waals surface area contributed by atoms with Gasteiger partial charge in [0.05, 0.1) is 11.2 Å². The molecule has 0 aromatic carbocycles. The molecule has 1 fully saturated rings. The summed E-state index contributed by atoms with van der Waals surface area (Å²) in [6.45, 7) is 9.32. The van der Waals surface area contributed by atoms with E-state index in [0.717, 1.165) is 18.8 Å². The molecule has 0 spiro atoms. The first-order chi connectivity index (χ1) is 6.37. The minimum Gasteiger partial charge on any atom is -0.368 e. The quantitative estimate of drug-likeness (QED) is 0.742. The van der Waals surface area contributed by atoms with E-state index >= 15 is 0 Å². The third-order valence-corrected chi connectivity index (χ3v) is 3.08. The Morgan fingerprint density at radius 1 is 1.29 bits per heavy atom. The maximum Gasteiger partial charge on any atom is 0.0811 e. The van der Waals surface area contributed by atoms with Crippen molar-refractivity contribution in [3.8, 4) is 0 Å². The fraction of sp³-hybridized carbons (Fsp3) is 1.00. The van der Waals surface area contributed by atoms with Crippen molar-refractivity contribution in [3.63, 3.8) is 0 Å². The minimum absolute atomic E-state index is 0.0369. The average molecular weight is 199 g/mol. The van der Waals surface area contributed by atoms with Crippen molar-refractivity contribution in [2.75, 3.05) is 6.54 Å². The second kappa shape index (κ2) is 4.19. The smallest absolute Gasteiger partial charge is 0.0811 e. The molecule has 0 unspecified atom stereocenters. The van der Waals surface area contributed by atoms with Crippen molar-refractivity contribution in [2.45, 2.75) is 64.6 Å². The van der Waals surface area contributed by atoms with Crippen LogP contribution in [0.4, 0.5) is 0 Å². The number of hydrogen-bond donors (Lipinski definition) is 1. The maximum absolute atomic E-state index is 6.14. The summed E-state index contributed by atoms with van der Waals surface area (Å²) < 4.78 is 6.14. The Morgan fingerprint density at radius 3 is 2.14 bits per heavy atom. The standard InChI is InChI=1S/C12H25NO/c1-10-5-7-12(9-13,8-6-10)14-11(2,3)4/h10H,5-9,13H2,1-4H3.